The van der Waals surface area contributed by atoms with Gasteiger partial charge in [0.15, 0.2) is 0 Å². The lowest BCUT2D eigenvalue weighted by Crippen LogP contribution is -2.61. The molecule has 1 aromatic rings. The Bertz CT molecular complexity index is 547. The van der Waals surface area contributed by atoms with Gasteiger partial charge in [0.2, 0.25) is 0 Å². The zero-order chi connectivity index (χ0) is 15.8. The summed E-state index contributed by atoms with van der Waals surface area (Å²) in [6.07, 6.45) is 0.613. The van der Waals surface area contributed by atoms with Crippen molar-refractivity contribution < 1.29 is 19.4 Å². The standard InChI is InChI=1S/C16H21ClO4/c1-10(2)16(19)8-15(9-16,14(18)21-4)12-7-11(17)5-6-13(12)20-3/h5-7,10,19H,8-9H2,1-4H3. The molecule has 1 N–H and O–H groups in total. The van der Waals surface area contributed by atoms with Crippen LogP contribution in [0.15, 0.2) is 18.2 Å². The minimum atomic E-state index is -0.899. The molecule has 0 radical (unpaired) electrons. The Labute approximate surface area is 130 Å². The second-order valence-electron chi connectivity index (χ2n) is 6.03. The number of benzene rings is 1. The maximum Gasteiger partial charge on any atom is 0.316 e. The van der Waals surface area contributed by atoms with Crippen LogP contribution in [-0.2, 0) is 14.9 Å². The second kappa shape index (κ2) is 5.50. The van der Waals surface area contributed by atoms with Gasteiger partial charge in [0.1, 0.15) is 11.2 Å². The van der Waals surface area contributed by atoms with Crippen molar-refractivity contribution in [3.8, 4) is 5.75 Å². The Kier molecular flexibility index (Phi) is 4.22. The predicted octanol–water partition coefficient (Wildman–Crippen LogP) is 2.94. The van der Waals surface area contributed by atoms with Crippen LogP contribution in [0.3, 0.4) is 0 Å². The molecule has 0 atom stereocenters. The zero-order valence-corrected chi connectivity index (χ0v) is 13.5. The van der Waals surface area contributed by atoms with Crippen molar-refractivity contribution in [2.45, 2.75) is 37.7 Å². The molecule has 1 aromatic carbocycles. The highest BCUT2D eigenvalue weighted by atomic mass is 35.5. The van der Waals surface area contributed by atoms with Gasteiger partial charge in [-0.15, -0.1) is 0 Å². The summed E-state index contributed by atoms with van der Waals surface area (Å²) in [6, 6.07) is 5.16. The van der Waals surface area contributed by atoms with E-state index in [0.29, 0.717) is 29.2 Å². The minimum absolute atomic E-state index is 0.0560. The van der Waals surface area contributed by atoms with E-state index in [1.807, 2.05) is 13.8 Å². The lowest BCUT2D eigenvalue weighted by molar-refractivity contribution is -0.175. The first-order chi connectivity index (χ1) is 9.79. The van der Waals surface area contributed by atoms with Crippen molar-refractivity contribution in [3.63, 3.8) is 0 Å². The molecule has 5 heteroatoms. The first-order valence-electron chi connectivity index (χ1n) is 6.94. The van der Waals surface area contributed by atoms with E-state index in [9.17, 15) is 9.90 Å². The van der Waals surface area contributed by atoms with Crippen molar-refractivity contribution in [1.82, 2.24) is 0 Å². The van der Waals surface area contributed by atoms with Crippen LogP contribution in [0.5, 0.6) is 5.75 Å². The van der Waals surface area contributed by atoms with Gasteiger partial charge >= 0.3 is 5.97 Å². The molecule has 21 heavy (non-hydrogen) atoms. The van der Waals surface area contributed by atoms with Crippen LogP contribution in [0.2, 0.25) is 5.02 Å². The smallest absolute Gasteiger partial charge is 0.316 e. The van der Waals surface area contributed by atoms with Gasteiger partial charge < -0.3 is 14.6 Å². The summed E-state index contributed by atoms with van der Waals surface area (Å²) in [6.45, 7) is 3.88. The van der Waals surface area contributed by atoms with Gasteiger partial charge in [-0.25, -0.2) is 0 Å². The maximum atomic E-state index is 12.4. The molecule has 2 rings (SSSR count). The molecule has 1 fully saturated rings. The van der Waals surface area contributed by atoms with Crippen LogP contribution in [-0.4, -0.2) is 30.9 Å². The molecule has 0 amide bonds. The van der Waals surface area contributed by atoms with Gasteiger partial charge in [-0.3, -0.25) is 4.79 Å². The molecule has 4 nitrogen and oxygen atoms in total. The molecular formula is C16H21ClO4. The molecule has 0 spiro atoms. The largest absolute Gasteiger partial charge is 0.496 e. The van der Waals surface area contributed by atoms with Gasteiger partial charge in [0.25, 0.3) is 0 Å². The summed E-state index contributed by atoms with van der Waals surface area (Å²) in [5, 5.41) is 11.1. The number of carbonyl (C=O) groups excluding carboxylic acids is 1. The number of aliphatic hydroxyl groups is 1. The van der Waals surface area contributed by atoms with Gasteiger partial charge in [0, 0.05) is 10.6 Å². The van der Waals surface area contributed by atoms with Crippen molar-refractivity contribution in [1.29, 1.82) is 0 Å². The summed E-state index contributed by atoms with van der Waals surface area (Å²) in [5.74, 6) is 0.268. The van der Waals surface area contributed by atoms with Gasteiger partial charge in [-0.2, -0.15) is 0 Å². The van der Waals surface area contributed by atoms with Crippen LogP contribution >= 0.6 is 11.6 Å². The average Bonchev–Trinajstić information content (AvgIpc) is 2.42. The lowest BCUT2D eigenvalue weighted by Gasteiger charge is -2.53. The Morgan fingerprint density at radius 1 is 1.33 bits per heavy atom. The normalized spacial score (nSPS) is 28.1. The van der Waals surface area contributed by atoms with E-state index in [2.05, 4.69) is 0 Å². The van der Waals surface area contributed by atoms with Gasteiger partial charge in [0.05, 0.1) is 19.8 Å². The summed E-state index contributed by atoms with van der Waals surface area (Å²) < 4.78 is 10.3. The summed E-state index contributed by atoms with van der Waals surface area (Å²) in [7, 11) is 2.90. The van der Waals surface area contributed by atoms with Crippen LogP contribution in [0, 0.1) is 5.92 Å². The van der Waals surface area contributed by atoms with Gasteiger partial charge in [-0.05, 0) is 37.0 Å². The number of rotatable bonds is 4. The molecule has 116 valence electrons. The molecule has 1 aliphatic carbocycles. The molecular weight excluding hydrogens is 292 g/mol. The fraction of sp³-hybridized carbons (Fsp3) is 0.562. The molecule has 0 saturated heterocycles. The topological polar surface area (TPSA) is 55.8 Å². The number of halogens is 1. The number of methoxy groups -OCH3 is 2. The number of ether oxygens (including phenoxy) is 2. The fourth-order valence-electron chi connectivity index (χ4n) is 3.10. The SMILES string of the molecule is COC(=O)C1(c2cc(Cl)ccc2OC)CC(O)(C(C)C)C1. The first-order valence-corrected chi connectivity index (χ1v) is 7.32. The number of carbonyl (C=O) groups is 1. The van der Waals surface area contributed by atoms with E-state index in [1.165, 1.54) is 7.11 Å². The minimum Gasteiger partial charge on any atom is -0.496 e. The predicted molar refractivity (Wildman–Crippen MR) is 80.7 cm³/mol. The Hall–Kier alpha value is -1.26. The highest BCUT2D eigenvalue weighted by Crippen LogP contribution is 2.56. The lowest BCUT2D eigenvalue weighted by atomic mass is 9.53. The molecule has 1 saturated carbocycles. The zero-order valence-electron chi connectivity index (χ0n) is 12.8. The third-order valence-corrected chi connectivity index (χ3v) is 4.78. The highest BCUT2D eigenvalue weighted by Gasteiger charge is 2.62. The molecule has 0 bridgehead atoms. The van der Waals surface area contributed by atoms with E-state index in [1.54, 1.807) is 25.3 Å². The van der Waals surface area contributed by atoms with Crippen molar-refractivity contribution in [2.24, 2.45) is 5.92 Å². The number of hydrogen-bond acceptors (Lipinski definition) is 4. The van der Waals surface area contributed by atoms with Crippen LogP contribution in [0.25, 0.3) is 0 Å². The molecule has 0 unspecified atom stereocenters. The summed E-state index contributed by atoms with van der Waals surface area (Å²) >= 11 is 6.07. The summed E-state index contributed by atoms with van der Waals surface area (Å²) in [4.78, 5) is 12.4. The Balaban J connectivity index is 2.50. The van der Waals surface area contributed by atoms with Crippen molar-refractivity contribution in [3.05, 3.63) is 28.8 Å². The average molecular weight is 313 g/mol. The first kappa shape index (κ1) is 16.1. The highest BCUT2D eigenvalue weighted by molar-refractivity contribution is 6.30. The molecule has 0 heterocycles. The Morgan fingerprint density at radius 2 is 1.95 bits per heavy atom. The monoisotopic (exact) mass is 312 g/mol. The number of esters is 1. The second-order valence-corrected chi connectivity index (χ2v) is 6.47. The summed E-state index contributed by atoms with van der Waals surface area (Å²) in [5.41, 5.74) is -1.10. The fourth-order valence-corrected chi connectivity index (χ4v) is 3.27. The van der Waals surface area contributed by atoms with E-state index in [0.717, 1.165) is 0 Å². The number of hydrogen-bond donors (Lipinski definition) is 1. The van der Waals surface area contributed by atoms with Crippen molar-refractivity contribution >= 4 is 17.6 Å². The van der Waals surface area contributed by atoms with Crippen LogP contribution in [0.4, 0.5) is 0 Å². The van der Waals surface area contributed by atoms with Crippen LogP contribution < -0.4 is 4.74 Å². The third kappa shape index (κ3) is 2.51. The quantitative estimate of drug-likeness (QED) is 0.869. The van der Waals surface area contributed by atoms with Gasteiger partial charge in [-0.1, -0.05) is 25.4 Å². The van der Waals surface area contributed by atoms with Crippen molar-refractivity contribution in [2.75, 3.05) is 14.2 Å². The Morgan fingerprint density at radius 3 is 2.43 bits per heavy atom. The van der Waals surface area contributed by atoms with E-state index in [-0.39, 0.29) is 11.9 Å². The van der Waals surface area contributed by atoms with E-state index in [4.69, 9.17) is 21.1 Å². The maximum absolute atomic E-state index is 12.4. The van der Waals surface area contributed by atoms with E-state index >= 15 is 0 Å². The molecule has 0 aromatic heterocycles. The van der Waals surface area contributed by atoms with Crippen LogP contribution in [0.1, 0.15) is 32.3 Å². The molecule has 0 aliphatic heterocycles. The molecule has 1 aliphatic rings. The van der Waals surface area contributed by atoms with E-state index < -0.39 is 11.0 Å². The third-order valence-electron chi connectivity index (χ3n) is 4.54.